The monoisotopic (exact) mass is 374 g/mol. The summed E-state index contributed by atoms with van der Waals surface area (Å²) in [5.74, 6) is -0.262. The van der Waals surface area contributed by atoms with E-state index in [1.165, 1.54) is 6.07 Å². The van der Waals surface area contributed by atoms with Crippen molar-refractivity contribution in [3.63, 3.8) is 0 Å². The number of unbranched alkanes of at least 4 members (excludes halogenated alkanes) is 1. The average molecular weight is 375 g/mol. The number of hydrogen-bond acceptors (Lipinski definition) is 3. The Bertz CT molecular complexity index is 905. The molecular formula is C20H26N2O3S. The highest BCUT2D eigenvalue weighted by Crippen LogP contribution is 2.24. The van der Waals surface area contributed by atoms with Crippen molar-refractivity contribution >= 4 is 21.6 Å². The molecule has 0 aliphatic rings. The summed E-state index contributed by atoms with van der Waals surface area (Å²) in [6, 6.07) is 10.2. The van der Waals surface area contributed by atoms with Crippen LogP contribution in [0.3, 0.4) is 0 Å². The summed E-state index contributed by atoms with van der Waals surface area (Å²) in [4.78, 5) is 12.4. The Balaban J connectivity index is 2.32. The van der Waals surface area contributed by atoms with Gasteiger partial charge in [0.2, 0.25) is 0 Å². The first-order valence-corrected chi connectivity index (χ1v) is 10.2. The standard InChI is InChI=1S/C20H26N2O3S/c1-5-6-12-21-20(23)17-11-10-15(3)19(13-17)26(24,25)22-18-9-7-8-14(2)16(18)4/h7-11,13,22H,5-6,12H2,1-4H3,(H,21,23). The number of carbonyl (C=O) groups excluding carboxylic acids is 1. The first-order chi connectivity index (χ1) is 12.3. The van der Waals surface area contributed by atoms with Crippen LogP contribution in [0.25, 0.3) is 0 Å². The number of aryl methyl sites for hydroxylation is 2. The molecule has 0 aliphatic carbocycles. The van der Waals surface area contributed by atoms with E-state index in [0.29, 0.717) is 23.4 Å². The van der Waals surface area contributed by atoms with Crippen LogP contribution >= 0.6 is 0 Å². The second-order valence-corrected chi connectivity index (χ2v) is 8.09. The van der Waals surface area contributed by atoms with Gasteiger partial charge in [-0.15, -0.1) is 0 Å². The predicted molar refractivity (Wildman–Crippen MR) is 105 cm³/mol. The third-order valence-corrected chi connectivity index (χ3v) is 5.91. The van der Waals surface area contributed by atoms with Gasteiger partial charge in [-0.2, -0.15) is 0 Å². The Labute approximate surface area is 155 Å². The van der Waals surface area contributed by atoms with Gasteiger partial charge in [-0.3, -0.25) is 9.52 Å². The fourth-order valence-corrected chi connectivity index (χ4v) is 3.97. The first-order valence-electron chi connectivity index (χ1n) is 8.74. The number of sulfonamides is 1. The molecule has 6 heteroatoms. The number of hydrogen-bond donors (Lipinski definition) is 2. The largest absolute Gasteiger partial charge is 0.352 e. The van der Waals surface area contributed by atoms with Crippen LogP contribution in [0.15, 0.2) is 41.3 Å². The smallest absolute Gasteiger partial charge is 0.262 e. The molecule has 0 heterocycles. The molecule has 0 unspecified atom stereocenters. The second kappa shape index (κ2) is 8.36. The highest BCUT2D eigenvalue weighted by Gasteiger charge is 2.20. The van der Waals surface area contributed by atoms with Gasteiger partial charge in [-0.1, -0.05) is 31.5 Å². The molecule has 26 heavy (non-hydrogen) atoms. The maximum Gasteiger partial charge on any atom is 0.262 e. The van der Waals surface area contributed by atoms with Crippen molar-refractivity contribution in [2.75, 3.05) is 11.3 Å². The molecule has 140 valence electrons. The van der Waals surface area contributed by atoms with E-state index in [2.05, 4.69) is 10.0 Å². The number of carbonyl (C=O) groups is 1. The molecule has 0 saturated heterocycles. The molecule has 0 fully saturated rings. The summed E-state index contributed by atoms with van der Waals surface area (Å²) in [5.41, 5.74) is 3.36. The van der Waals surface area contributed by atoms with Gasteiger partial charge in [0.15, 0.2) is 0 Å². The molecule has 0 spiro atoms. The second-order valence-electron chi connectivity index (χ2n) is 6.44. The summed E-state index contributed by atoms with van der Waals surface area (Å²) < 4.78 is 28.4. The number of nitrogens with one attached hydrogen (secondary N) is 2. The Kier molecular flexibility index (Phi) is 6.42. The van der Waals surface area contributed by atoms with E-state index in [4.69, 9.17) is 0 Å². The van der Waals surface area contributed by atoms with Gasteiger partial charge in [0, 0.05) is 12.1 Å². The molecule has 2 aromatic carbocycles. The summed E-state index contributed by atoms with van der Waals surface area (Å²) >= 11 is 0. The van der Waals surface area contributed by atoms with Crippen LogP contribution < -0.4 is 10.0 Å². The summed E-state index contributed by atoms with van der Waals surface area (Å²) in [6.45, 7) is 8.14. The van der Waals surface area contributed by atoms with Crippen molar-refractivity contribution in [3.8, 4) is 0 Å². The van der Waals surface area contributed by atoms with Crippen molar-refractivity contribution in [1.82, 2.24) is 5.32 Å². The van der Waals surface area contributed by atoms with Crippen LogP contribution in [-0.2, 0) is 10.0 Å². The zero-order valence-electron chi connectivity index (χ0n) is 15.7. The molecule has 0 aromatic heterocycles. The van der Waals surface area contributed by atoms with Gasteiger partial charge < -0.3 is 5.32 Å². The average Bonchev–Trinajstić information content (AvgIpc) is 2.59. The third-order valence-electron chi connectivity index (χ3n) is 4.40. The number of amides is 1. The molecular weight excluding hydrogens is 348 g/mol. The first kappa shape index (κ1) is 20.0. The van der Waals surface area contributed by atoms with Crippen LogP contribution in [0.5, 0.6) is 0 Å². The molecule has 5 nitrogen and oxygen atoms in total. The third kappa shape index (κ3) is 4.64. The summed E-state index contributed by atoms with van der Waals surface area (Å²) in [6.07, 6.45) is 1.87. The minimum Gasteiger partial charge on any atom is -0.352 e. The highest BCUT2D eigenvalue weighted by atomic mass is 32.2. The van der Waals surface area contributed by atoms with E-state index in [0.717, 1.165) is 24.0 Å². The topological polar surface area (TPSA) is 75.3 Å². The van der Waals surface area contributed by atoms with E-state index in [-0.39, 0.29) is 10.8 Å². The maximum atomic E-state index is 12.9. The molecule has 0 bridgehead atoms. The lowest BCUT2D eigenvalue weighted by Crippen LogP contribution is -2.25. The fourth-order valence-electron chi connectivity index (χ4n) is 2.57. The maximum absolute atomic E-state index is 12.9. The number of anilines is 1. The molecule has 2 aromatic rings. The predicted octanol–water partition coefficient (Wildman–Crippen LogP) is 3.94. The lowest BCUT2D eigenvalue weighted by molar-refractivity contribution is 0.0953. The molecule has 0 radical (unpaired) electrons. The van der Waals surface area contributed by atoms with E-state index < -0.39 is 10.0 Å². The number of benzene rings is 2. The minimum absolute atomic E-state index is 0.113. The fraction of sp³-hybridized carbons (Fsp3) is 0.350. The van der Waals surface area contributed by atoms with Gasteiger partial charge in [0.25, 0.3) is 15.9 Å². The van der Waals surface area contributed by atoms with Crippen molar-refractivity contribution in [3.05, 3.63) is 58.7 Å². The van der Waals surface area contributed by atoms with Crippen LogP contribution in [0.1, 0.15) is 46.8 Å². The SMILES string of the molecule is CCCCNC(=O)c1ccc(C)c(S(=O)(=O)Nc2cccc(C)c2C)c1. The van der Waals surface area contributed by atoms with Gasteiger partial charge in [-0.05, 0) is 62.1 Å². The van der Waals surface area contributed by atoms with Crippen molar-refractivity contribution in [2.45, 2.75) is 45.4 Å². The number of rotatable bonds is 7. The molecule has 2 N–H and O–H groups in total. The Morgan fingerprint density at radius 2 is 1.77 bits per heavy atom. The molecule has 0 saturated carbocycles. The van der Waals surface area contributed by atoms with Crippen LogP contribution in [0.4, 0.5) is 5.69 Å². The zero-order valence-corrected chi connectivity index (χ0v) is 16.5. The molecule has 1 amide bonds. The Hall–Kier alpha value is -2.34. The van der Waals surface area contributed by atoms with Crippen LogP contribution in [0.2, 0.25) is 0 Å². The molecule has 2 rings (SSSR count). The Morgan fingerprint density at radius 1 is 1.04 bits per heavy atom. The molecule has 0 atom stereocenters. The van der Waals surface area contributed by atoms with E-state index >= 15 is 0 Å². The lowest BCUT2D eigenvalue weighted by atomic mass is 10.1. The summed E-state index contributed by atoms with van der Waals surface area (Å²) in [5, 5.41) is 2.81. The zero-order chi connectivity index (χ0) is 19.3. The minimum atomic E-state index is -3.79. The van der Waals surface area contributed by atoms with Gasteiger partial charge in [0.1, 0.15) is 0 Å². The van der Waals surface area contributed by atoms with Gasteiger partial charge >= 0.3 is 0 Å². The highest BCUT2D eigenvalue weighted by molar-refractivity contribution is 7.92. The van der Waals surface area contributed by atoms with Crippen molar-refractivity contribution < 1.29 is 13.2 Å². The van der Waals surface area contributed by atoms with E-state index in [9.17, 15) is 13.2 Å². The lowest BCUT2D eigenvalue weighted by Gasteiger charge is -2.14. The van der Waals surface area contributed by atoms with E-state index in [1.807, 2.05) is 32.9 Å². The molecule has 0 aliphatic heterocycles. The normalized spacial score (nSPS) is 11.2. The van der Waals surface area contributed by atoms with Crippen LogP contribution in [-0.4, -0.2) is 20.9 Å². The van der Waals surface area contributed by atoms with Gasteiger partial charge in [-0.25, -0.2) is 8.42 Å². The summed E-state index contributed by atoms with van der Waals surface area (Å²) in [7, 11) is -3.79. The van der Waals surface area contributed by atoms with E-state index in [1.54, 1.807) is 25.1 Å². The van der Waals surface area contributed by atoms with Crippen LogP contribution in [0, 0.1) is 20.8 Å². The van der Waals surface area contributed by atoms with Crippen molar-refractivity contribution in [2.24, 2.45) is 0 Å². The Morgan fingerprint density at radius 3 is 2.46 bits per heavy atom. The quantitative estimate of drug-likeness (QED) is 0.721. The van der Waals surface area contributed by atoms with Gasteiger partial charge in [0.05, 0.1) is 10.6 Å². The van der Waals surface area contributed by atoms with Crippen molar-refractivity contribution in [1.29, 1.82) is 0 Å².